The molecule has 0 aliphatic rings. The standard InChI is InChI=1S/C18H21N9O2/c1-27-18(29)13(17(28)21-9-3-2-4-15-22-25-26-23-15)10-14(24-27)11-5-7-12(8-6-11)16(19)20/h5-8,10H,2-4,9H2,1H3,(H3,19,20)(H,21,28)(H,22,23,25,26). The first kappa shape index (κ1) is 19.9. The fourth-order valence-corrected chi connectivity index (χ4v) is 2.73. The number of hydrogen-bond acceptors (Lipinski definition) is 7. The number of benzene rings is 1. The zero-order valence-corrected chi connectivity index (χ0v) is 15.8. The lowest BCUT2D eigenvalue weighted by Gasteiger charge is -2.09. The third kappa shape index (κ3) is 4.89. The number of tetrazole rings is 1. The van der Waals surface area contributed by atoms with Crippen LogP contribution in [0.1, 0.15) is 34.6 Å². The average molecular weight is 395 g/mol. The molecule has 3 aromatic rings. The smallest absolute Gasteiger partial charge is 0.279 e. The van der Waals surface area contributed by atoms with E-state index < -0.39 is 11.5 Å². The second-order valence-electron chi connectivity index (χ2n) is 6.40. The molecule has 0 spiro atoms. The molecule has 0 aliphatic carbocycles. The van der Waals surface area contributed by atoms with E-state index in [1.165, 1.54) is 13.1 Å². The molecule has 0 saturated heterocycles. The van der Waals surface area contributed by atoms with E-state index in [0.717, 1.165) is 11.1 Å². The number of nitrogen functional groups attached to an aromatic ring is 1. The zero-order chi connectivity index (χ0) is 20.8. The number of aromatic amines is 1. The van der Waals surface area contributed by atoms with Gasteiger partial charge < -0.3 is 11.1 Å². The minimum Gasteiger partial charge on any atom is -0.384 e. The lowest BCUT2D eigenvalue weighted by Crippen LogP contribution is -2.33. The van der Waals surface area contributed by atoms with Gasteiger partial charge in [-0.2, -0.15) is 10.3 Å². The van der Waals surface area contributed by atoms with E-state index in [2.05, 4.69) is 31.0 Å². The molecule has 3 rings (SSSR count). The fraction of sp³-hybridized carbons (Fsp3) is 0.278. The van der Waals surface area contributed by atoms with Crippen molar-refractivity contribution in [3.8, 4) is 11.3 Å². The number of H-pyrrole nitrogens is 1. The van der Waals surface area contributed by atoms with Crippen LogP contribution in [-0.2, 0) is 13.5 Å². The van der Waals surface area contributed by atoms with E-state index in [9.17, 15) is 9.59 Å². The second kappa shape index (κ2) is 8.87. The number of nitrogens with one attached hydrogen (secondary N) is 3. The predicted molar refractivity (Wildman–Crippen MR) is 105 cm³/mol. The van der Waals surface area contributed by atoms with Gasteiger partial charge in [0.2, 0.25) is 0 Å². The Hall–Kier alpha value is -3.89. The number of aryl methyl sites for hydroxylation is 2. The van der Waals surface area contributed by atoms with Crippen molar-refractivity contribution in [1.82, 2.24) is 35.7 Å². The Kier molecular flexibility index (Phi) is 6.07. The van der Waals surface area contributed by atoms with Crippen LogP contribution in [0.25, 0.3) is 11.3 Å². The highest BCUT2D eigenvalue weighted by Gasteiger charge is 2.15. The van der Waals surface area contributed by atoms with E-state index in [4.69, 9.17) is 11.1 Å². The Morgan fingerprint density at radius 2 is 2.03 bits per heavy atom. The van der Waals surface area contributed by atoms with Gasteiger partial charge in [-0.1, -0.05) is 29.5 Å². The van der Waals surface area contributed by atoms with Gasteiger partial charge in [0.05, 0.1) is 5.69 Å². The maximum Gasteiger partial charge on any atom is 0.279 e. The summed E-state index contributed by atoms with van der Waals surface area (Å²) in [4.78, 5) is 24.8. The molecule has 1 amide bonds. The van der Waals surface area contributed by atoms with Gasteiger partial charge in [-0.25, -0.2) is 4.68 Å². The molecular formula is C18H21N9O2. The van der Waals surface area contributed by atoms with Gasteiger partial charge in [0.1, 0.15) is 11.4 Å². The van der Waals surface area contributed by atoms with Gasteiger partial charge in [0.25, 0.3) is 11.5 Å². The molecule has 0 saturated carbocycles. The number of carbonyl (C=O) groups is 1. The molecule has 150 valence electrons. The number of nitrogens with two attached hydrogens (primary N) is 1. The first-order valence-corrected chi connectivity index (χ1v) is 8.99. The molecule has 5 N–H and O–H groups in total. The molecule has 11 nitrogen and oxygen atoms in total. The number of carbonyl (C=O) groups excluding carboxylic acids is 1. The monoisotopic (exact) mass is 395 g/mol. The summed E-state index contributed by atoms with van der Waals surface area (Å²) in [6, 6.07) is 8.33. The van der Waals surface area contributed by atoms with Crippen molar-refractivity contribution in [3.05, 3.63) is 57.6 Å². The predicted octanol–water partition coefficient (Wildman–Crippen LogP) is -0.00283. The molecule has 2 aromatic heterocycles. The van der Waals surface area contributed by atoms with E-state index in [1.807, 2.05) is 0 Å². The van der Waals surface area contributed by atoms with Crippen LogP contribution < -0.4 is 16.6 Å². The molecule has 0 atom stereocenters. The van der Waals surface area contributed by atoms with Crippen LogP contribution in [0.5, 0.6) is 0 Å². The van der Waals surface area contributed by atoms with Crippen LogP contribution in [0.15, 0.2) is 35.1 Å². The molecule has 0 radical (unpaired) electrons. The molecule has 11 heteroatoms. The Bertz CT molecular complexity index is 1060. The topological polar surface area (TPSA) is 168 Å². The van der Waals surface area contributed by atoms with Crippen LogP contribution in [0.3, 0.4) is 0 Å². The summed E-state index contributed by atoms with van der Waals surface area (Å²) in [7, 11) is 1.50. The van der Waals surface area contributed by atoms with Gasteiger partial charge in [0.15, 0.2) is 5.82 Å². The Balaban J connectivity index is 1.67. The molecule has 0 aliphatic heterocycles. The normalized spacial score (nSPS) is 10.7. The van der Waals surface area contributed by atoms with Crippen LogP contribution in [0.4, 0.5) is 0 Å². The van der Waals surface area contributed by atoms with Crippen LogP contribution in [0, 0.1) is 5.41 Å². The van der Waals surface area contributed by atoms with Crippen LogP contribution in [-0.4, -0.2) is 48.7 Å². The maximum atomic E-state index is 12.5. The molecule has 0 unspecified atom stereocenters. The van der Waals surface area contributed by atoms with Crippen molar-refractivity contribution >= 4 is 11.7 Å². The van der Waals surface area contributed by atoms with Crippen molar-refractivity contribution in [3.63, 3.8) is 0 Å². The number of aromatic nitrogens is 6. The zero-order valence-electron chi connectivity index (χ0n) is 15.8. The summed E-state index contributed by atoms with van der Waals surface area (Å²) >= 11 is 0. The van der Waals surface area contributed by atoms with Crippen molar-refractivity contribution < 1.29 is 4.79 Å². The summed E-state index contributed by atoms with van der Waals surface area (Å²) in [5.41, 5.74) is 6.77. The number of unbranched alkanes of at least 4 members (excludes halogenated alkanes) is 1. The lowest BCUT2D eigenvalue weighted by atomic mass is 10.1. The number of nitrogens with zero attached hydrogens (tertiary/aromatic N) is 5. The Labute approximate surface area is 165 Å². The van der Waals surface area contributed by atoms with Crippen molar-refractivity contribution in [1.29, 1.82) is 5.41 Å². The summed E-state index contributed by atoms with van der Waals surface area (Å²) in [5, 5.41) is 28.0. The van der Waals surface area contributed by atoms with Gasteiger partial charge in [0, 0.05) is 31.1 Å². The number of amidine groups is 1. The number of rotatable bonds is 8. The highest BCUT2D eigenvalue weighted by molar-refractivity contribution is 5.96. The average Bonchev–Trinajstić information content (AvgIpc) is 3.23. The van der Waals surface area contributed by atoms with Crippen molar-refractivity contribution in [2.45, 2.75) is 19.3 Å². The van der Waals surface area contributed by atoms with Crippen LogP contribution in [0.2, 0.25) is 0 Å². The molecule has 1 aromatic carbocycles. The van der Waals surface area contributed by atoms with E-state index >= 15 is 0 Å². The molecular weight excluding hydrogens is 374 g/mol. The first-order chi connectivity index (χ1) is 14.0. The van der Waals surface area contributed by atoms with E-state index in [1.54, 1.807) is 24.3 Å². The highest BCUT2D eigenvalue weighted by Crippen LogP contribution is 2.17. The Morgan fingerprint density at radius 3 is 2.69 bits per heavy atom. The molecule has 0 fully saturated rings. The summed E-state index contributed by atoms with van der Waals surface area (Å²) < 4.78 is 1.14. The Morgan fingerprint density at radius 1 is 1.28 bits per heavy atom. The largest absolute Gasteiger partial charge is 0.384 e. The third-order valence-corrected chi connectivity index (χ3v) is 4.30. The van der Waals surface area contributed by atoms with Gasteiger partial charge in [-0.05, 0) is 18.9 Å². The van der Waals surface area contributed by atoms with Gasteiger partial charge in [-0.3, -0.25) is 15.0 Å². The van der Waals surface area contributed by atoms with Gasteiger partial charge >= 0.3 is 0 Å². The minimum atomic E-state index is -0.474. The minimum absolute atomic E-state index is 0.0197. The fourth-order valence-electron chi connectivity index (χ4n) is 2.73. The second-order valence-corrected chi connectivity index (χ2v) is 6.40. The molecule has 2 heterocycles. The summed E-state index contributed by atoms with van der Waals surface area (Å²) in [5.74, 6) is 0.137. The van der Waals surface area contributed by atoms with Crippen LogP contribution >= 0.6 is 0 Å². The van der Waals surface area contributed by atoms with E-state index in [-0.39, 0.29) is 11.4 Å². The lowest BCUT2D eigenvalue weighted by molar-refractivity contribution is 0.0950. The third-order valence-electron chi connectivity index (χ3n) is 4.30. The highest BCUT2D eigenvalue weighted by atomic mass is 16.2. The molecule has 29 heavy (non-hydrogen) atoms. The van der Waals surface area contributed by atoms with E-state index in [0.29, 0.717) is 42.0 Å². The maximum absolute atomic E-state index is 12.5. The first-order valence-electron chi connectivity index (χ1n) is 8.99. The SMILES string of the molecule is Cn1nc(-c2ccc(C(=N)N)cc2)cc(C(=O)NCCCCc2nn[nH]n2)c1=O. The number of hydrogen-bond donors (Lipinski definition) is 4. The number of amides is 1. The summed E-state index contributed by atoms with van der Waals surface area (Å²) in [6.45, 7) is 0.421. The van der Waals surface area contributed by atoms with Crippen molar-refractivity contribution in [2.24, 2.45) is 12.8 Å². The van der Waals surface area contributed by atoms with Gasteiger partial charge in [-0.15, -0.1) is 10.2 Å². The summed E-state index contributed by atoms with van der Waals surface area (Å²) in [6.07, 6.45) is 2.15. The quantitative estimate of drug-likeness (QED) is 0.236. The molecule has 0 bridgehead atoms. The van der Waals surface area contributed by atoms with Crippen molar-refractivity contribution in [2.75, 3.05) is 6.54 Å².